The maximum absolute atomic E-state index is 13.9. The molecule has 1 aliphatic rings. The average molecular weight is 203 g/mol. The molecule has 1 atom stereocenters. The molecule has 0 aromatic rings. The van der Waals surface area contributed by atoms with Gasteiger partial charge >= 0.3 is 5.97 Å². The fraction of sp³-hybridized carbons (Fsp3) is 0.900. The van der Waals surface area contributed by atoms with Crippen molar-refractivity contribution in [1.82, 2.24) is 0 Å². The van der Waals surface area contributed by atoms with Crippen molar-refractivity contribution in [3.63, 3.8) is 0 Å². The lowest BCUT2D eigenvalue weighted by Crippen LogP contribution is -2.38. The first-order chi connectivity index (χ1) is 6.57. The summed E-state index contributed by atoms with van der Waals surface area (Å²) in [6.45, 7) is 2.01. The van der Waals surface area contributed by atoms with E-state index in [1.54, 1.807) is 6.92 Å². The van der Waals surface area contributed by atoms with Crippen LogP contribution < -0.4 is 5.73 Å². The number of ether oxygens (including phenoxy) is 1. The summed E-state index contributed by atoms with van der Waals surface area (Å²) in [6.07, 6.45) is 2.95. The predicted molar refractivity (Wildman–Crippen MR) is 51.5 cm³/mol. The van der Waals surface area contributed by atoms with Gasteiger partial charge in [-0.2, -0.15) is 0 Å². The van der Waals surface area contributed by atoms with Crippen molar-refractivity contribution < 1.29 is 13.9 Å². The van der Waals surface area contributed by atoms with Gasteiger partial charge in [0.1, 0.15) is 11.7 Å². The van der Waals surface area contributed by atoms with Crippen LogP contribution in [0.3, 0.4) is 0 Å². The molecular formula is C10H18FNO2. The second-order valence-electron chi connectivity index (χ2n) is 3.92. The molecule has 1 aliphatic carbocycles. The fourth-order valence-corrected chi connectivity index (χ4v) is 1.94. The van der Waals surface area contributed by atoms with Crippen LogP contribution in [0.25, 0.3) is 0 Å². The van der Waals surface area contributed by atoms with Crippen LogP contribution in [0.2, 0.25) is 0 Å². The Balaban J connectivity index is 2.38. The Hall–Kier alpha value is -0.640. The zero-order chi connectivity index (χ0) is 10.6. The van der Waals surface area contributed by atoms with E-state index in [2.05, 4.69) is 0 Å². The molecule has 3 nitrogen and oxygen atoms in total. The second-order valence-corrected chi connectivity index (χ2v) is 3.92. The van der Waals surface area contributed by atoms with Gasteiger partial charge in [-0.25, -0.2) is 4.39 Å². The van der Waals surface area contributed by atoms with Gasteiger partial charge in [-0.1, -0.05) is 12.8 Å². The van der Waals surface area contributed by atoms with Crippen LogP contribution in [0.5, 0.6) is 0 Å². The summed E-state index contributed by atoms with van der Waals surface area (Å²) in [7, 11) is 0. The Morgan fingerprint density at radius 1 is 1.57 bits per heavy atom. The smallest absolute Gasteiger partial charge is 0.323 e. The number of alkyl halides is 1. The van der Waals surface area contributed by atoms with Crippen molar-refractivity contribution >= 4 is 5.97 Å². The molecule has 1 saturated carbocycles. The highest BCUT2D eigenvalue weighted by Gasteiger charge is 2.37. The Labute approximate surface area is 83.8 Å². The zero-order valence-corrected chi connectivity index (χ0v) is 8.59. The van der Waals surface area contributed by atoms with Crippen LogP contribution in [0.4, 0.5) is 4.39 Å². The summed E-state index contributed by atoms with van der Waals surface area (Å²) in [5.74, 6) is -0.489. The van der Waals surface area contributed by atoms with Crippen LogP contribution in [-0.4, -0.2) is 24.3 Å². The quantitative estimate of drug-likeness (QED) is 0.705. The van der Waals surface area contributed by atoms with Crippen molar-refractivity contribution in [1.29, 1.82) is 0 Å². The molecule has 0 amide bonds. The molecular weight excluding hydrogens is 185 g/mol. The number of rotatable bonds is 4. The highest BCUT2D eigenvalue weighted by atomic mass is 19.1. The molecule has 0 aromatic heterocycles. The topological polar surface area (TPSA) is 52.3 Å². The van der Waals surface area contributed by atoms with Gasteiger partial charge in [0.2, 0.25) is 0 Å². The van der Waals surface area contributed by atoms with E-state index in [4.69, 9.17) is 10.5 Å². The minimum Gasteiger partial charge on any atom is -0.465 e. The highest BCUT2D eigenvalue weighted by Crippen LogP contribution is 2.36. The lowest BCUT2D eigenvalue weighted by Gasteiger charge is -2.21. The van der Waals surface area contributed by atoms with Gasteiger partial charge in [0.25, 0.3) is 0 Å². The fourth-order valence-electron chi connectivity index (χ4n) is 1.94. The van der Waals surface area contributed by atoms with E-state index >= 15 is 0 Å². The molecule has 0 aliphatic heterocycles. The first kappa shape index (κ1) is 11.4. The minimum atomic E-state index is -1.23. The molecule has 1 rings (SSSR count). The Kier molecular flexibility index (Phi) is 3.86. The van der Waals surface area contributed by atoms with Crippen LogP contribution in [0, 0.1) is 0 Å². The zero-order valence-electron chi connectivity index (χ0n) is 8.59. The van der Waals surface area contributed by atoms with Crippen LogP contribution >= 0.6 is 0 Å². The van der Waals surface area contributed by atoms with Gasteiger partial charge in [0.05, 0.1) is 6.61 Å². The number of nitrogens with two attached hydrogens (primary N) is 1. The van der Waals surface area contributed by atoms with Crippen LogP contribution in [-0.2, 0) is 9.53 Å². The molecule has 0 spiro atoms. The van der Waals surface area contributed by atoms with Crippen LogP contribution in [0.1, 0.15) is 39.0 Å². The number of hydrogen-bond acceptors (Lipinski definition) is 3. The molecule has 82 valence electrons. The first-order valence-electron chi connectivity index (χ1n) is 5.18. The monoisotopic (exact) mass is 203 g/mol. The molecule has 0 aromatic carbocycles. The summed E-state index contributed by atoms with van der Waals surface area (Å²) in [4.78, 5) is 11.2. The SMILES string of the molecule is CCOC(=O)C(N)CC1(F)CCCC1. The highest BCUT2D eigenvalue weighted by molar-refractivity contribution is 5.75. The van der Waals surface area contributed by atoms with Crippen molar-refractivity contribution in [2.45, 2.75) is 50.7 Å². The van der Waals surface area contributed by atoms with Crippen LogP contribution in [0.15, 0.2) is 0 Å². The molecule has 14 heavy (non-hydrogen) atoms. The molecule has 0 heterocycles. The van der Waals surface area contributed by atoms with Gasteiger partial charge in [-0.15, -0.1) is 0 Å². The van der Waals surface area contributed by atoms with Gasteiger partial charge in [0, 0.05) is 6.42 Å². The summed E-state index contributed by atoms with van der Waals surface area (Å²) < 4.78 is 18.6. The number of halogens is 1. The summed E-state index contributed by atoms with van der Waals surface area (Å²) >= 11 is 0. The summed E-state index contributed by atoms with van der Waals surface area (Å²) in [5, 5.41) is 0. The summed E-state index contributed by atoms with van der Waals surface area (Å²) in [6, 6.07) is -0.807. The molecule has 4 heteroatoms. The van der Waals surface area contributed by atoms with E-state index in [-0.39, 0.29) is 6.42 Å². The minimum absolute atomic E-state index is 0.103. The van der Waals surface area contributed by atoms with Crippen molar-refractivity contribution in [3.05, 3.63) is 0 Å². The van der Waals surface area contributed by atoms with Gasteiger partial charge in [-0.05, 0) is 19.8 Å². The number of carbonyl (C=O) groups excluding carboxylic acids is 1. The Bertz CT molecular complexity index is 202. The van der Waals surface area contributed by atoms with E-state index in [1.165, 1.54) is 0 Å². The molecule has 1 unspecified atom stereocenters. The molecule has 0 saturated heterocycles. The van der Waals surface area contributed by atoms with Gasteiger partial charge in [-0.3, -0.25) is 4.79 Å². The number of esters is 1. The van der Waals surface area contributed by atoms with Crippen molar-refractivity contribution in [2.24, 2.45) is 5.73 Å². The van der Waals surface area contributed by atoms with Gasteiger partial charge in [0.15, 0.2) is 0 Å². The third kappa shape index (κ3) is 2.94. The molecule has 1 fully saturated rings. The molecule has 0 bridgehead atoms. The van der Waals surface area contributed by atoms with E-state index in [0.717, 1.165) is 12.8 Å². The Morgan fingerprint density at radius 2 is 2.14 bits per heavy atom. The predicted octanol–water partition coefficient (Wildman–Crippen LogP) is 1.55. The third-order valence-corrected chi connectivity index (χ3v) is 2.67. The lowest BCUT2D eigenvalue weighted by molar-refractivity contribution is -0.145. The molecule has 2 N–H and O–H groups in total. The normalized spacial score (nSPS) is 21.9. The van der Waals surface area contributed by atoms with Gasteiger partial charge < -0.3 is 10.5 Å². The number of carbonyl (C=O) groups is 1. The second kappa shape index (κ2) is 4.73. The average Bonchev–Trinajstić information content (AvgIpc) is 2.52. The van der Waals surface area contributed by atoms with E-state index < -0.39 is 17.7 Å². The maximum atomic E-state index is 13.9. The van der Waals surface area contributed by atoms with E-state index in [1.807, 2.05) is 0 Å². The van der Waals surface area contributed by atoms with Crippen molar-refractivity contribution in [2.75, 3.05) is 6.61 Å². The first-order valence-corrected chi connectivity index (χ1v) is 5.18. The van der Waals surface area contributed by atoms with Crippen molar-refractivity contribution in [3.8, 4) is 0 Å². The summed E-state index contributed by atoms with van der Waals surface area (Å²) in [5.41, 5.74) is 4.32. The molecule has 0 radical (unpaired) electrons. The van der Waals surface area contributed by atoms with E-state index in [0.29, 0.717) is 19.4 Å². The standard InChI is InChI=1S/C10H18FNO2/c1-2-14-9(13)8(12)7-10(11)5-3-4-6-10/h8H,2-7,12H2,1H3. The largest absolute Gasteiger partial charge is 0.465 e. The number of hydrogen-bond donors (Lipinski definition) is 1. The van der Waals surface area contributed by atoms with E-state index in [9.17, 15) is 9.18 Å². The maximum Gasteiger partial charge on any atom is 0.323 e. The third-order valence-electron chi connectivity index (χ3n) is 2.67. The lowest BCUT2D eigenvalue weighted by atomic mass is 9.95. The Morgan fingerprint density at radius 3 is 2.64 bits per heavy atom.